The number of alkyl halides is 3. The van der Waals surface area contributed by atoms with Crippen molar-refractivity contribution < 1.29 is 31.5 Å². The Morgan fingerprint density at radius 2 is 1.65 bits per heavy atom. The Morgan fingerprint density at radius 1 is 1.18 bits per heavy atom. The monoisotopic (exact) mass is 275 g/mol. The van der Waals surface area contributed by atoms with E-state index in [9.17, 15) is 26.4 Å². The van der Waals surface area contributed by atoms with Gasteiger partial charge in [-0.1, -0.05) is 0 Å². The minimum Gasteiger partial charge on any atom is -0.481 e. The van der Waals surface area contributed by atoms with Crippen LogP contribution < -0.4 is 4.72 Å². The highest BCUT2D eigenvalue weighted by Gasteiger charge is 2.47. The van der Waals surface area contributed by atoms with E-state index >= 15 is 0 Å². The molecular weight excluding hydrogens is 263 g/mol. The molecule has 1 saturated carbocycles. The highest BCUT2D eigenvalue weighted by Crippen LogP contribution is 2.28. The summed E-state index contributed by atoms with van der Waals surface area (Å²) >= 11 is 0. The number of nitrogens with one attached hydrogen (secondary N) is 1. The third kappa shape index (κ3) is 3.56. The summed E-state index contributed by atoms with van der Waals surface area (Å²) in [6.45, 7) is 0. The molecular formula is C8H12F3NO4S. The average molecular weight is 275 g/mol. The Morgan fingerprint density at radius 3 is 2.00 bits per heavy atom. The maximum Gasteiger partial charge on any atom is 0.511 e. The normalized spacial score (nSPS) is 26.8. The summed E-state index contributed by atoms with van der Waals surface area (Å²) in [7, 11) is -5.33. The van der Waals surface area contributed by atoms with Crippen LogP contribution in [0.5, 0.6) is 0 Å². The number of carboxylic acid groups (broad SMARTS) is 1. The van der Waals surface area contributed by atoms with Crippen molar-refractivity contribution in [3.63, 3.8) is 0 Å². The van der Waals surface area contributed by atoms with Crippen molar-refractivity contribution in [2.45, 2.75) is 37.2 Å². The average Bonchev–Trinajstić information content (AvgIpc) is 2.16. The third-order valence-corrected chi connectivity index (χ3v) is 3.96. The quantitative estimate of drug-likeness (QED) is 0.807. The van der Waals surface area contributed by atoms with E-state index in [-0.39, 0.29) is 25.7 Å². The van der Waals surface area contributed by atoms with Gasteiger partial charge in [0.15, 0.2) is 0 Å². The largest absolute Gasteiger partial charge is 0.511 e. The van der Waals surface area contributed by atoms with Crippen molar-refractivity contribution in [2.24, 2.45) is 5.92 Å². The second-order valence-electron chi connectivity index (χ2n) is 3.95. The molecule has 0 spiro atoms. The van der Waals surface area contributed by atoms with E-state index in [1.807, 2.05) is 0 Å². The minimum absolute atomic E-state index is 0.103. The van der Waals surface area contributed by atoms with E-state index in [4.69, 9.17) is 5.11 Å². The van der Waals surface area contributed by atoms with Gasteiger partial charge in [-0.2, -0.15) is 13.2 Å². The van der Waals surface area contributed by atoms with Crippen LogP contribution in [-0.2, 0) is 14.8 Å². The number of carbonyl (C=O) groups is 1. The molecule has 1 aliphatic carbocycles. The zero-order valence-corrected chi connectivity index (χ0v) is 9.51. The van der Waals surface area contributed by atoms with Crippen molar-refractivity contribution in [1.82, 2.24) is 4.72 Å². The van der Waals surface area contributed by atoms with Crippen LogP contribution in [0.4, 0.5) is 13.2 Å². The number of halogens is 3. The predicted octanol–water partition coefficient (Wildman–Crippen LogP) is 1.07. The fourth-order valence-corrected chi connectivity index (χ4v) is 2.55. The smallest absolute Gasteiger partial charge is 0.481 e. The molecule has 0 atom stereocenters. The molecule has 17 heavy (non-hydrogen) atoms. The second-order valence-corrected chi connectivity index (χ2v) is 5.66. The zero-order chi connectivity index (χ0) is 13.3. The fourth-order valence-electron chi connectivity index (χ4n) is 1.74. The van der Waals surface area contributed by atoms with Gasteiger partial charge in [-0.25, -0.2) is 13.1 Å². The van der Waals surface area contributed by atoms with E-state index in [1.165, 1.54) is 0 Å². The van der Waals surface area contributed by atoms with Crippen molar-refractivity contribution in [1.29, 1.82) is 0 Å². The molecule has 1 rings (SSSR count). The van der Waals surface area contributed by atoms with Gasteiger partial charge in [-0.15, -0.1) is 0 Å². The molecule has 0 aromatic carbocycles. The lowest BCUT2D eigenvalue weighted by Gasteiger charge is -2.26. The van der Waals surface area contributed by atoms with Crippen LogP contribution in [0.15, 0.2) is 0 Å². The second kappa shape index (κ2) is 4.81. The molecule has 0 aromatic heterocycles. The summed E-state index contributed by atoms with van der Waals surface area (Å²) in [5.41, 5.74) is -5.32. The van der Waals surface area contributed by atoms with Gasteiger partial charge in [0, 0.05) is 6.04 Å². The predicted molar refractivity (Wildman–Crippen MR) is 51.5 cm³/mol. The molecule has 0 unspecified atom stereocenters. The first kappa shape index (κ1) is 14.2. The van der Waals surface area contributed by atoms with E-state index < -0.39 is 33.5 Å². The summed E-state index contributed by atoms with van der Waals surface area (Å²) in [5, 5.41) is 8.67. The maximum atomic E-state index is 12.0. The van der Waals surface area contributed by atoms with Crippen molar-refractivity contribution in [3.8, 4) is 0 Å². The van der Waals surface area contributed by atoms with Crippen LogP contribution >= 0.6 is 0 Å². The summed E-state index contributed by atoms with van der Waals surface area (Å²) < 4.78 is 59.3. The molecule has 5 nitrogen and oxygen atoms in total. The van der Waals surface area contributed by atoms with Crippen molar-refractivity contribution in [2.75, 3.05) is 0 Å². The molecule has 0 bridgehead atoms. The molecule has 0 heterocycles. The molecule has 2 N–H and O–H groups in total. The van der Waals surface area contributed by atoms with E-state index in [1.54, 1.807) is 4.72 Å². The molecule has 9 heteroatoms. The van der Waals surface area contributed by atoms with Crippen LogP contribution in [-0.4, -0.2) is 31.0 Å². The van der Waals surface area contributed by atoms with Gasteiger partial charge in [0.1, 0.15) is 0 Å². The molecule has 100 valence electrons. The van der Waals surface area contributed by atoms with Crippen LogP contribution in [0.3, 0.4) is 0 Å². The highest BCUT2D eigenvalue weighted by molar-refractivity contribution is 7.90. The third-order valence-electron chi connectivity index (χ3n) is 2.70. The summed E-state index contributed by atoms with van der Waals surface area (Å²) in [4.78, 5) is 10.6. The summed E-state index contributed by atoms with van der Waals surface area (Å²) in [5.74, 6) is -1.59. The van der Waals surface area contributed by atoms with E-state index in [0.29, 0.717) is 0 Å². The van der Waals surface area contributed by atoms with Gasteiger partial charge in [-0.05, 0) is 25.7 Å². The first-order chi connectivity index (χ1) is 7.63. The van der Waals surface area contributed by atoms with Crippen molar-refractivity contribution in [3.05, 3.63) is 0 Å². The van der Waals surface area contributed by atoms with Gasteiger partial charge in [0.25, 0.3) is 0 Å². The van der Waals surface area contributed by atoms with Crippen LogP contribution in [0, 0.1) is 5.92 Å². The Bertz CT molecular complexity index is 384. The molecule has 0 saturated heterocycles. The molecule has 0 aliphatic heterocycles. The number of sulfonamides is 1. The molecule has 1 fully saturated rings. The number of aliphatic carboxylic acids is 1. The molecule has 1 aliphatic rings. The van der Waals surface area contributed by atoms with Gasteiger partial charge in [-0.3, -0.25) is 4.79 Å². The highest BCUT2D eigenvalue weighted by atomic mass is 32.2. The summed E-state index contributed by atoms with van der Waals surface area (Å²) in [6.07, 6.45) is 0.569. The number of hydrogen-bond acceptors (Lipinski definition) is 3. The Kier molecular flexibility index (Phi) is 4.03. The lowest BCUT2D eigenvalue weighted by Crippen LogP contribution is -2.44. The lowest BCUT2D eigenvalue weighted by molar-refractivity contribution is -0.142. The standard InChI is InChI=1S/C8H12F3NO4S/c9-8(10,11)17(15,16)12-6-3-1-5(2-4-6)7(13)14/h5-6,12H,1-4H2,(H,13,14). The molecule has 0 amide bonds. The van der Waals surface area contributed by atoms with E-state index in [0.717, 1.165) is 0 Å². The molecule has 0 radical (unpaired) electrons. The van der Waals surface area contributed by atoms with Crippen LogP contribution in [0.1, 0.15) is 25.7 Å². The van der Waals surface area contributed by atoms with Crippen LogP contribution in [0.25, 0.3) is 0 Å². The molecule has 0 aromatic rings. The van der Waals surface area contributed by atoms with Gasteiger partial charge < -0.3 is 5.11 Å². The van der Waals surface area contributed by atoms with Gasteiger partial charge in [0.05, 0.1) is 5.92 Å². The fraction of sp³-hybridized carbons (Fsp3) is 0.875. The summed E-state index contributed by atoms with van der Waals surface area (Å²) in [6, 6.07) is -0.836. The van der Waals surface area contributed by atoms with Crippen molar-refractivity contribution >= 4 is 16.0 Å². The first-order valence-corrected chi connectivity index (χ1v) is 6.43. The topological polar surface area (TPSA) is 83.5 Å². The lowest BCUT2D eigenvalue weighted by atomic mass is 9.87. The van der Waals surface area contributed by atoms with Crippen LogP contribution in [0.2, 0.25) is 0 Å². The SMILES string of the molecule is O=C(O)C1CCC(NS(=O)(=O)C(F)(F)F)CC1. The number of rotatable bonds is 3. The van der Waals surface area contributed by atoms with Gasteiger partial charge >= 0.3 is 21.5 Å². The Labute approximate surface area is 96.1 Å². The maximum absolute atomic E-state index is 12.0. The number of carboxylic acids is 1. The zero-order valence-electron chi connectivity index (χ0n) is 8.70. The van der Waals surface area contributed by atoms with E-state index in [2.05, 4.69) is 0 Å². The Hall–Kier alpha value is -0.830. The number of hydrogen-bond donors (Lipinski definition) is 2. The Balaban J connectivity index is 2.55. The van der Waals surface area contributed by atoms with Gasteiger partial charge in [0.2, 0.25) is 0 Å². The minimum atomic E-state index is -5.33. The first-order valence-electron chi connectivity index (χ1n) is 4.95.